The molecule has 1 saturated carbocycles. The fourth-order valence-corrected chi connectivity index (χ4v) is 2.07. The topological polar surface area (TPSA) is 69.3 Å². The van der Waals surface area contributed by atoms with E-state index in [4.69, 9.17) is 19.9 Å². The Bertz CT molecular complexity index is 499. The number of benzene rings is 1. The minimum atomic E-state index is 0. The standard InChI is InChI=1S/C16H25N3O3.HI/c1-19(12-5-6-12)16(17)18-7-4-8-22-15-10-13(20-2)9-14(11-15)21-3;/h9-12H,4-8H2,1-3H3,(H2,17,18);1H. The number of ether oxygens (including phenoxy) is 3. The molecule has 1 aromatic rings. The van der Waals surface area contributed by atoms with Crippen LogP contribution in [0.15, 0.2) is 23.2 Å². The highest BCUT2D eigenvalue weighted by molar-refractivity contribution is 14.0. The number of nitrogens with two attached hydrogens (primary N) is 1. The van der Waals surface area contributed by atoms with Crippen molar-refractivity contribution < 1.29 is 14.2 Å². The number of hydrogen-bond acceptors (Lipinski definition) is 4. The van der Waals surface area contributed by atoms with Gasteiger partial charge in [-0.2, -0.15) is 0 Å². The smallest absolute Gasteiger partial charge is 0.191 e. The lowest BCUT2D eigenvalue weighted by molar-refractivity contribution is 0.307. The SMILES string of the molecule is COc1cc(OC)cc(OCCCN=C(N)N(C)C2CC2)c1.I. The molecule has 0 radical (unpaired) electrons. The van der Waals surface area contributed by atoms with Crippen LogP contribution in [0.1, 0.15) is 19.3 Å². The second-order valence-corrected chi connectivity index (χ2v) is 5.33. The van der Waals surface area contributed by atoms with Crippen molar-refractivity contribution in [2.45, 2.75) is 25.3 Å². The molecular formula is C16H26IN3O3. The molecule has 0 saturated heterocycles. The van der Waals surface area contributed by atoms with Crippen LogP contribution in [0.5, 0.6) is 17.2 Å². The van der Waals surface area contributed by atoms with Crippen LogP contribution in [0.2, 0.25) is 0 Å². The monoisotopic (exact) mass is 435 g/mol. The van der Waals surface area contributed by atoms with E-state index in [1.807, 2.05) is 30.1 Å². The van der Waals surface area contributed by atoms with Gasteiger partial charge in [-0.15, -0.1) is 24.0 Å². The maximum atomic E-state index is 5.93. The third-order valence-corrected chi connectivity index (χ3v) is 3.63. The average Bonchev–Trinajstić information content (AvgIpc) is 3.38. The first-order chi connectivity index (χ1) is 10.6. The van der Waals surface area contributed by atoms with Gasteiger partial charge in [0, 0.05) is 44.3 Å². The van der Waals surface area contributed by atoms with Gasteiger partial charge in [0.2, 0.25) is 0 Å². The van der Waals surface area contributed by atoms with Crippen molar-refractivity contribution in [2.75, 3.05) is 34.4 Å². The van der Waals surface area contributed by atoms with Crippen LogP contribution in [0.3, 0.4) is 0 Å². The molecule has 1 aliphatic rings. The number of hydrogen-bond donors (Lipinski definition) is 1. The van der Waals surface area contributed by atoms with Crippen molar-refractivity contribution in [3.8, 4) is 17.2 Å². The Morgan fingerprint density at radius 2 is 1.74 bits per heavy atom. The molecule has 0 amide bonds. The normalized spacial score (nSPS) is 14.0. The Balaban J connectivity index is 0.00000264. The molecule has 6 nitrogen and oxygen atoms in total. The summed E-state index contributed by atoms with van der Waals surface area (Å²) < 4.78 is 16.1. The van der Waals surface area contributed by atoms with Gasteiger partial charge in [0.25, 0.3) is 0 Å². The van der Waals surface area contributed by atoms with Gasteiger partial charge in [0.05, 0.1) is 20.8 Å². The van der Waals surface area contributed by atoms with Crippen molar-refractivity contribution in [3.63, 3.8) is 0 Å². The highest BCUT2D eigenvalue weighted by Crippen LogP contribution is 2.27. The Kier molecular flexibility index (Phi) is 8.29. The zero-order chi connectivity index (χ0) is 15.9. The van der Waals surface area contributed by atoms with E-state index in [1.165, 1.54) is 12.8 Å². The van der Waals surface area contributed by atoms with Gasteiger partial charge < -0.3 is 24.8 Å². The Morgan fingerprint density at radius 3 is 2.26 bits per heavy atom. The number of halogens is 1. The summed E-state index contributed by atoms with van der Waals surface area (Å²) >= 11 is 0. The molecule has 0 aliphatic heterocycles. The second kappa shape index (κ2) is 9.69. The van der Waals surface area contributed by atoms with Crippen LogP contribution in [0.25, 0.3) is 0 Å². The largest absolute Gasteiger partial charge is 0.496 e. The molecule has 1 fully saturated rings. The van der Waals surface area contributed by atoms with Crippen LogP contribution < -0.4 is 19.9 Å². The van der Waals surface area contributed by atoms with Crippen molar-refractivity contribution in [2.24, 2.45) is 10.7 Å². The van der Waals surface area contributed by atoms with Crippen LogP contribution in [-0.2, 0) is 0 Å². The van der Waals surface area contributed by atoms with Crippen LogP contribution in [0, 0.1) is 0 Å². The highest BCUT2D eigenvalue weighted by Gasteiger charge is 2.27. The van der Waals surface area contributed by atoms with E-state index in [1.54, 1.807) is 14.2 Å². The summed E-state index contributed by atoms with van der Waals surface area (Å²) in [7, 11) is 5.23. The molecule has 23 heavy (non-hydrogen) atoms. The fourth-order valence-electron chi connectivity index (χ4n) is 2.07. The maximum Gasteiger partial charge on any atom is 0.191 e. The lowest BCUT2D eigenvalue weighted by Crippen LogP contribution is -2.35. The van der Waals surface area contributed by atoms with E-state index < -0.39 is 0 Å². The summed E-state index contributed by atoms with van der Waals surface area (Å²) in [5.41, 5.74) is 5.93. The molecule has 130 valence electrons. The number of methoxy groups -OCH3 is 2. The van der Waals surface area contributed by atoms with E-state index in [0.29, 0.717) is 36.7 Å². The van der Waals surface area contributed by atoms with Gasteiger partial charge in [-0.05, 0) is 12.8 Å². The first kappa shape index (κ1) is 19.7. The van der Waals surface area contributed by atoms with Crippen molar-refractivity contribution in [1.82, 2.24) is 4.90 Å². The molecule has 0 unspecified atom stereocenters. The Hall–Kier alpha value is -1.38. The molecule has 0 heterocycles. The predicted molar refractivity (Wildman–Crippen MR) is 102 cm³/mol. The minimum absolute atomic E-state index is 0. The lowest BCUT2D eigenvalue weighted by Gasteiger charge is -2.16. The summed E-state index contributed by atoms with van der Waals surface area (Å²) in [6.45, 7) is 1.23. The summed E-state index contributed by atoms with van der Waals surface area (Å²) in [5.74, 6) is 2.76. The Morgan fingerprint density at radius 1 is 1.17 bits per heavy atom. The molecule has 0 bridgehead atoms. The van der Waals surface area contributed by atoms with Gasteiger partial charge >= 0.3 is 0 Å². The van der Waals surface area contributed by atoms with Crippen LogP contribution >= 0.6 is 24.0 Å². The number of guanidine groups is 1. The molecule has 2 N–H and O–H groups in total. The number of aliphatic imine (C=N–C) groups is 1. The zero-order valence-electron chi connectivity index (χ0n) is 13.9. The molecule has 0 atom stereocenters. The second-order valence-electron chi connectivity index (χ2n) is 5.33. The molecule has 0 aromatic heterocycles. The summed E-state index contributed by atoms with van der Waals surface area (Å²) in [6.07, 6.45) is 3.24. The van der Waals surface area contributed by atoms with Crippen molar-refractivity contribution >= 4 is 29.9 Å². The molecule has 0 spiro atoms. The van der Waals surface area contributed by atoms with Crippen LogP contribution in [0.4, 0.5) is 0 Å². The fraction of sp³-hybridized carbons (Fsp3) is 0.562. The minimum Gasteiger partial charge on any atom is -0.496 e. The number of nitrogens with zero attached hydrogens (tertiary/aromatic N) is 2. The molecule has 1 aromatic carbocycles. The Labute approximate surface area is 155 Å². The van der Waals surface area contributed by atoms with E-state index in [9.17, 15) is 0 Å². The van der Waals surface area contributed by atoms with Crippen molar-refractivity contribution in [3.05, 3.63) is 18.2 Å². The predicted octanol–water partition coefficient (Wildman–Crippen LogP) is 2.50. The summed E-state index contributed by atoms with van der Waals surface area (Å²) in [6, 6.07) is 6.07. The summed E-state index contributed by atoms with van der Waals surface area (Å²) in [5, 5.41) is 0. The molecule has 1 aliphatic carbocycles. The van der Waals surface area contributed by atoms with Gasteiger partial charge in [0.1, 0.15) is 17.2 Å². The van der Waals surface area contributed by atoms with E-state index in [2.05, 4.69) is 4.99 Å². The lowest BCUT2D eigenvalue weighted by atomic mass is 10.3. The van der Waals surface area contributed by atoms with E-state index >= 15 is 0 Å². The molecule has 2 rings (SSSR count). The van der Waals surface area contributed by atoms with E-state index in [0.717, 1.165) is 12.2 Å². The van der Waals surface area contributed by atoms with Gasteiger partial charge in [0.15, 0.2) is 5.96 Å². The molecule has 7 heteroatoms. The third-order valence-electron chi connectivity index (χ3n) is 3.63. The first-order valence-electron chi connectivity index (χ1n) is 7.52. The van der Waals surface area contributed by atoms with Crippen LogP contribution in [-0.4, -0.2) is 51.3 Å². The summed E-state index contributed by atoms with van der Waals surface area (Å²) in [4.78, 5) is 6.42. The maximum absolute atomic E-state index is 5.93. The van der Waals surface area contributed by atoms with Crippen molar-refractivity contribution in [1.29, 1.82) is 0 Å². The third kappa shape index (κ3) is 6.32. The van der Waals surface area contributed by atoms with E-state index in [-0.39, 0.29) is 24.0 Å². The van der Waals surface area contributed by atoms with Gasteiger partial charge in [-0.3, -0.25) is 4.99 Å². The molecular weight excluding hydrogens is 409 g/mol. The van der Waals surface area contributed by atoms with Gasteiger partial charge in [-0.1, -0.05) is 0 Å². The average molecular weight is 435 g/mol. The highest BCUT2D eigenvalue weighted by atomic mass is 127. The zero-order valence-corrected chi connectivity index (χ0v) is 16.3. The number of rotatable bonds is 8. The quantitative estimate of drug-likeness (QED) is 0.294. The van der Waals surface area contributed by atoms with Gasteiger partial charge in [-0.25, -0.2) is 0 Å². The first-order valence-corrected chi connectivity index (χ1v) is 7.52.